The Labute approximate surface area is 176 Å². The van der Waals surface area contributed by atoms with E-state index in [0.717, 1.165) is 27.3 Å². The van der Waals surface area contributed by atoms with Gasteiger partial charge in [-0.3, -0.25) is 9.59 Å². The Morgan fingerprint density at radius 2 is 2.07 bits per heavy atom. The second-order valence-electron chi connectivity index (χ2n) is 6.70. The number of hydrogen-bond donors (Lipinski definition) is 1. The molecule has 0 atom stereocenters. The Bertz CT molecular complexity index is 1200. The molecule has 4 aromatic rings. The summed E-state index contributed by atoms with van der Waals surface area (Å²) in [5, 5.41) is 13.2. The summed E-state index contributed by atoms with van der Waals surface area (Å²) >= 11 is 1.54. The zero-order chi connectivity index (χ0) is 20.9. The highest BCUT2D eigenvalue weighted by Crippen LogP contribution is 2.23. The number of rotatable bonds is 8. The Kier molecular flexibility index (Phi) is 5.89. The fraction of sp³-hybridized carbons (Fsp3) is 0.238. The number of thiophene rings is 1. The lowest BCUT2D eigenvalue weighted by molar-refractivity contribution is -0.122. The van der Waals surface area contributed by atoms with Crippen molar-refractivity contribution < 1.29 is 9.53 Å². The summed E-state index contributed by atoms with van der Waals surface area (Å²) in [5.74, 6) is 0.511. The maximum atomic E-state index is 12.7. The number of amides is 1. The molecule has 0 spiro atoms. The standard InChI is InChI=1S/C21H21N5O3S/c1-2-9-29-16-7-5-15(6-8-16)12-22-20(27)13-25-21(28)18-11-17(19-4-3-10-30-19)24-26(18)14-23-25/h3-8,10-11,14H,2,9,12-13H2,1H3,(H,22,27). The summed E-state index contributed by atoms with van der Waals surface area (Å²) < 4.78 is 8.13. The van der Waals surface area contributed by atoms with Crippen LogP contribution in [0.2, 0.25) is 0 Å². The van der Waals surface area contributed by atoms with Crippen molar-refractivity contribution in [3.8, 4) is 16.3 Å². The molecule has 8 nitrogen and oxygen atoms in total. The van der Waals surface area contributed by atoms with E-state index in [4.69, 9.17) is 4.74 Å². The number of fused-ring (bicyclic) bond motifs is 1. The number of aromatic nitrogens is 4. The summed E-state index contributed by atoms with van der Waals surface area (Å²) in [6.07, 6.45) is 2.39. The van der Waals surface area contributed by atoms with Crippen molar-refractivity contribution in [1.29, 1.82) is 0 Å². The van der Waals surface area contributed by atoms with Crippen LogP contribution in [0, 0.1) is 0 Å². The maximum Gasteiger partial charge on any atom is 0.293 e. The lowest BCUT2D eigenvalue weighted by atomic mass is 10.2. The minimum Gasteiger partial charge on any atom is -0.494 e. The van der Waals surface area contributed by atoms with Gasteiger partial charge in [-0.1, -0.05) is 25.1 Å². The van der Waals surface area contributed by atoms with Gasteiger partial charge in [0.25, 0.3) is 5.56 Å². The van der Waals surface area contributed by atoms with E-state index in [1.54, 1.807) is 17.4 Å². The first-order valence-electron chi connectivity index (χ1n) is 9.62. The molecule has 0 aliphatic carbocycles. The van der Waals surface area contributed by atoms with Gasteiger partial charge in [-0.25, -0.2) is 9.20 Å². The molecule has 1 aromatic carbocycles. The molecule has 0 saturated carbocycles. The normalized spacial score (nSPS) is 11.0. The molecular weight excluding hydrogens is 402 g/mol. The molecule has 0 aliphatic rings. The minimum absolute atomic E-state index is 0.160. The number of carbonyl (C=O) groups is 1. The van der Waals surface area contributed by atoms with Crippen molar-refractivity contribution in [3.05, 3.63) is 70.1 Å². The summed E-state index contributed by atoms with van der Waals surface area (Å²) in [4.78, 5) is 26.0. The van der Waals surface area contributed by atoms with Crippen LogP contribution in [0.15, 0.2) is 59.0 Å². The molecule has 0 bridgehead atoms. The third-order valence-corrected chi connectivity index (χ3v) is 5.33. The number of nitrogens with one attached hydrogen (secondary N) is 1. The van der Waals surface area contributed by atoms with Gasteiger partial charge in [0.2, 0.25) is 5.91 Å². The largest absolute Gasteiger partial charge is 0.494 e. The third-order valence-electron chi connectivity index (χ3n) is 4.44. The number of ether oxygens (including phenoxy) is 1. The summed E-state index contributed by atoms with van der Waals surface area (Å²) in [7, 11) is 0. The zero-order valence-electron chi connectivity index (χ0n) is 16.4. The first-order chi connectivity index (χ1) is 14.6. The van der Waals surface area contributed by atoms with Crippen molar-refractivity contribution in [2.24, 2.45) is 0 Å². The van der Waals surface area contributed by atoms with E-state index in [9.17, 15) is 9.59 Å². The number of hydrogen-bond acceptors (Lipinski definition) is 6. The number of carbonyl (C=O) groups excluding carboxylic acids is 1. The quantitative estimate of drug-likeness (QED) is 0.471. The molecule has 30 heavy (non-hydrogen) atoms. The van der Waals surface area contributed by atoms with Gasteiger partial charge < -0.3 is 10.1 Å². The molecule has 0 saturated heterocycles. The zero-order valence-corrected chi connectivity index (χ0v) is 17.3. The SMILES string of the molecule is CCCOc1ccc(CNC(=O)Cn2ncn3nc(-c4cccs4)cc3c2=O)cc1. The average Bonchev–Trinajstić information content (AvgIpc) is 3.43. The van der Waals surface area contributed by atoms with Crippen LogP contribution in [-0.2, 0) is 17.9 Å². The molecule has 154 valence electrons. The van der Waals surface area contributed by atoms with Gasteiger partial charge >= 0.3 is 0 Å². The van der Waals surface area contributed by atoms with E-state index < -0.39 is 0 Å². The summed E-state index contributed by atoms with van der Waals surface area (Å²) in [6.45, 7) is 2.93. The number of nitrogens with zero attached hydrogens (tertiary/aromatic N) is 4. The smallest absolute Gasteiger partial charge is 0.293 e. The molecule has 0 unspecified atom stereocenters. The molecular formula is C21H21N5O3S. The van der Waals surface area contributed by atoms with Crippen molar-refractivity contribution in [1.82, 2.24) is 24.7 Å². The van der Waals surface area contributed by atoms with Crippen LogP contribution in [-0.4, -0.2) is 31.9 Å². The highest BCUT2D eigenvalue weighted by atomic mass is 32.1. The van der Waals surface area contributed by atoms with E-state index in [-0.39, 0.29) is 18.0 Å². The first kappa shape index (κ1) is 19.8. The predicted octanol–water partition coefficient (Wildman–Crippen LogP) is 2.72. The Morgan fingerprint density at radius 3 is 2.80 bits per heavy atom. The van der Waals surface area contributed by atoms with Gasteiger partial charge in [-0.15, -0.1) is 11.3 Å². The van der Waals surface area contributed by atoms with E-state index in [2.05, 4.69) is 22.4 Å². The van der Waals surface area contributed by atoms with Gasteiger partial charge in [0.15, 0.2) is 0 Å². The molecule has 4 rings (SSSR count). The third kappa shape index (κ3) is 4.41. The van der Waals surface area contributed by atoms with Crippen molar-refractivity contribution in [2.75, 3.05) is 6.61 Å². The average molecular weight is 423 g/mol. The lowest BCUT2D eigenvalue weighted by Crippen LogP contribution is -2.34. The molecule has 1 N–H and O–H groups in total. The Hall–Kier alpha value is -3.46. The van der Waals surface area contributed by atoms with Gasteiger partial charge in [0, 0.05) is 6.54 Å². The number of benzene rings is 1. The minimum atomic E-state index is -0.361. The fourth-order valence-electron chi connectivity index (χ4n) is 2.91. The fourth-order valence-corrected chi connectivity index (χ4v) is 3.59. The van der Waals surface area contributed by atoms with Gasteiger partial charge in [-0.05, 0) is 41.6 Å². The summed E-state index contributed by atoms with van der Waals surface area (Å²) in [5.41, 5.74) is 1.67. The highest BCUT2D eigenvalue weighted by molar-refractivity contribution is 7.13. The molecule has 3 heterocycles. The molecule has 1 amide bonds. The second kappa shape index (κ2) is 8.91. The van der Waals surface area contributed by atoms with Crippen LogP contribution in [0.5, 0.6) is 5.75 Å². The van der Waals surface area contributed by atoms with E-state index >= 15 is 0 Å². The van der Waals surface area contributed by atoms with Crippen LogP contribution >= 0.6 is 11.3 Å². The lowest BCUT2D eigenvalue weighted by Gasteiger charge is -2.08. The van der Waals surface area contributed by atoms with Gasteiger partial charge in [0.1, 0.15) is 29.8 Å². The van der Waals surface area contributed by atoms with Gasteiger partial charge in [0.05, 0.1) is 11.5 Å². The summed E-state index contributed by atoms with van der Waals surface area (Å²) in [6, 6.07) is 13.1. The molecule has 9 heteroatoms. The molecule has 3 aromatic heterocycles. The van der Waals surface area contributed by atoms with Crippen LogP contribution in [0.25, 0.3) is 16.1 Å². The molecule has 0 radical (unpaired) electrons. The van der Waals surface area contributed by atoms with Crippen molar-refractivity contribution in [2.45, 2.75) is 26.4 Å². The highest BCUT2D eigenvalue weighted by Gasteiger charge is 2.12. The Balaban J connectivity index is 1.40. The second-order valence-corrected chi connectivity index (χ2v) is 7.65. The molecule has 0 fully saturated rings. The van der Waals surface area contributed by atoms with Crippen LogP contribution in [0.4, 0.5) is 0 Å². The van der Waals surface area contributed by atoms with E-state index in [1.165, 1.54) is 10.8 Å². The Morgan fingerprint density at radius 1 is 1.23 bits per heavy atom. The molecule has 0 aliphatic heterocycles. The van der Waals surface area contributed by atoms with Crippen molar-refractivity contribution >= 4 is 22.8 Å². The van der Waals surface area contributed by atoms with E-state index in [0.29, 0.717) is 24.4 Å². The topological polar surface area (TPSA) is 90.5 Å². The monoisotopic (exact) mass is 423 g/mol. The van der Waals surface area contributed by atoms with E-state index in [1.807, 2.05) is 41.8 Å². The van der Waals surface area contributed by atoms with Crippen LogP contribution in [0.1, 0.15) is 18.9 Å². The van der Waals surface area contributed by atoms with Gasteiger partial charge in [-0.2, -0.15) is 10.2 Å². The van der Waals surface area contributed by atoms with Crippen LogP contribution < -0.4 is 15.6 Å². The first-order valence-corrected chi connectivity index (χ1v) is 10.5. The van der Waals surface area contributed by atoms with Crippen LogP contribution in [0.3, 0.4) is 0 Å². The predicted molar refractivity (Wildman–Crippen MR) is 115 cm³/mol. The van der Waals surface area contributed by atoms with Crippen molar-refractivity contribution in [3.63, 3.8) is 0 Å². The maximum absolute atomic E-state index is 12.7.